The molecule has 5 rings (SSSR count). The van der Waals surface area contributed by atoms with Gasteiger partial charge in [-0.1, -0.05) is 42.5 Å². The summed E-state index contributed by atoms with van der Waals surface area (Å²) < 4.78 is 30.5. The number of amides is 2. The van der Waals surface area contributed by atoms with Crippen LogP contribution in [0, 0.1) is 11.8 Å². The van der Waals surface area contributed by atoms with Crippen LogP contribution >= 0.6 is 7.60 Å². The van der Waals surface area contributed by atoms with E-state index in [0.717, 1.165) is 5.56 Å². The number of carbonyl (C=O) groups is 2. The molecule has 0 saturated carbocycles. The van der Waals surface area contributed by atoms with Crippen molar-refractivity contribution in [1.82, 2.24) is 0 Å². The number of rotatable bonds is 4. The Morgan fingerprint density at radius 2 is 1.61 bits per heavy atom. The van der Waals surface area contributed by atoms with E-state index in [9.17, 15) is 14.2 Å². The fourth-order valence-electron chi connectivity index (χ4n) is 4.87. The van der Waals surface area contributed by atoms with Gasteiger partial charge in [0.2, 0.25) is 17.2 Å². The van der Waals surface area contributed by atoms with Crippen molar-refractivity contribution in [1.29, 1.82) is 0 Å². The molecule has 28 heavy (non-hydrogen) atoms. The van der Waals surface area contributed by atoms with E-state index in [4.69, 9.17) is 13.8 Å². The summed E-state index contributed by atoms with van der Waals surface area (Å²) in [6.45, 7) is 0. The Bertz CT molecular complexity index is 1030. The molecule has 0 radical (unpaired) electrons. The van der Waals surface area contributed by atoms with E-state index in [-0.39, 0.29) is 5.91 Å². The Kier molecular flexibility index (Phi) is 3.71. The lowest BCUT2D eigenvalue weighted by atomic mass is 9.77. The van der Waals surface area contributed by atoms with Gasteiger partial charge in [-0.15, -0.1) is 0 Å². The van der Waals surface area contributed by atoms with Gasteiger partial charge in [0.15, 0.2) is 0 Å². The van der Waals surface area contributed by atoms with E-state index < -0.39 is 36.8 Å². The highest BCUT2D eigenvalue weighted by Crippen LogP contribution is 2.79. The first kappa shape index (κ1) is 17.8. The molecule has 8 heteroatoms. The number of ether oxygens (including phenoxy) is 1. The molecule has 2 aromatic carbocycles. The summed E-state index contributed by atoms with van der Waals surface area (Å²) >= 11 is 0. The van der Waals surface area contributed by atoms with E-state index >= 15 is 0 Å². The first-order valence-electron chi connectivity index (χ1n) is 8.92. The number of imide groups is 1. The summed E-state index contributed by atoms with van der Waals surface area (Å²) in [7, 11) is -1.39. The number of carbonyl (C=O) groups excluding carboxylic acids is 2. The van der Waals surface area contributed by atoms with Crippen LogP contribution in [0.25, 0.3) is 0 Å². The first-order valence-corrected chi connectivity index (χ1v) is 10.5. The van der Waals surface area contributed by atoms with Gasteiger partial charge in [0.1, 0.15) is 0 Å². The van der Waals surface area contributed by atoms with Crippen LogP contribution in [0.4, 0.5) is 5.69 Å². The van der Waals surface area contributed by atoms with E-state index in [1.54, 1.807) is 36.4 Å². The summed E-state index contributed by atoms with van der Waals surface area (Å²) in [5, 5.41) is -1.64. The predicted octanol–water partition coefficient (Wildman–Crippen LogP) is 3.22. The average Bonchev–Trinajstić information content (AvgIpc) is 3.36. The molecule has 4 atom stereocenters. The summed E-state index contributed by atoms with van der Waals surface area (Å²) in [4.78, 5) is 27.9. The molecule has 2 unspecified atom stereocenters. The average molecular weight is 399 g/mol. The number of nitrogens with zero attached hydrogens (tertiary/aromatic N) is 1. The Morgan fingerprint density at radius 1 is 0.964 bits per heavy atom. The molecule has 0 aliphatic carbocycles. The quantitative estimate of drug-likeness (QED) is 0.580. The lowest BCUT2D eigenvalue weighted by Crippen LogP contribution is -2.40. The molecule has 0 spiro atoms. The minimum absolute atomic E-state index is 0.360. The van der Waals surface area contributed by atoms with Crippen LogP contribution in [-0.4, -0.2) is 26.0 Å². The first-order chi connectivity index (χ1) is 13.5. The van der Waals surface area contributed by atoms with Crippen LogP contribution in [0.2, 0.25) is 0 Å². The van der Waals surface area contributed by atoms with Gasteiger partial charge in [0, 0.05) is 19.8 Å². The molecule has 3 heterocycles. The van der Waals surface area contributed by atoms with Crippen LogP contribution in [0.3, 0.4) is 0 Å². The van der Waals surface area contributed by atoms with Gasteiger partial charge in [0.25, 0.3) is 0 Å². The number of hydrogen-bond acceptors (Lipinski definition) is 6. The van der Waals surface area contributed by atoms with Crippen LogP contribution in [0.5, 0.6) is 0 Å². The summed E-state index contributed by atoms with van der Waals surface area (Å²) in [5.74, 6) is -2.57. The minimum atomic E-state index is -3.92. The number of fused-ring (bicyclic) bond motifs is 8. The minimum Gasteiger partial charge on any atom is -0.348 e. The molecule has 2 saturated heterocycles. The third-order valence-corrected chi connectivity index (χ3v) is 8.36. The van der Waals surface area contributed by atoms with Crippen LogP contribution < -0.4 is 4.90 Å². The molecule has 2 amide bonds. The van der Waals surface area contributed by atoms with Crippen molar-refractivity contribution in [2.45, 2.75) is 11.4 Å². The lowest BCUT2D eigenvalue weighted by Gasteiger charge is -2.36. The van der Waals surface area contributed by atoms with Crippen LogP contribution in [0.1, 0.15) is 17.2 Å². The van der Waals surface area contributed by atoms with E-state index in [1.807, 2.05) is 18.2 Å². The maximum absolute atomic E-state index is 13.7. The lowest BCUT2D eigenvalue weighted by molar-refractivity contribution is -0.127. The summed E-state index contributed by atoms with van der Waals surface area (Å²) in [6.07, 6.45) is -0.676. The Labute approximate surface area is 161 Å². The van der Waals surface area contributed by atoms with Gasteiger partial charge in [0.05, 0.1) is 23.6 Å². The van der Waals surface area contributed by atoms with Gasteiger partial charge >= 0.3 is 7.60 Å². The largest absolute Gasteiger partial charge is 0.367 e. The topological polar surface area (TPSA) is 82.1 Å². The Hall–Kier alpha value is -2.31. The second-order valence-electron chi connectivity index (χ2n) is 7.04. The monoisotopic (exact) mass is 399 g/mol. The Balaban J connectivity index is 1.74. The third-order valence-electron chi connectivity index (χ3n) is 5.96. The summed E-state index contributed by atoms with van der Waals surface area (Å²) in [5.41, 5.74) is 1.81. The van der Waals surface area contributed by atoms with Crippen molar-refractivity contribution >= 4 is 25.1 Å². The van der Waals surface area contributed by atoms with Gasteiger partial charge in [-0.3, -0.25) is 14.2 Å². The van der Waals surface area contributed by atoms with Crippen molar-refractivity contribution in [2.75, 3.05) is 19.1 Å². The van der Waals surface area contributed by atoms with Gasteiger partial charge in [-0.05, 0) is 17.7 Å². The van der Waals surface area contributed by atoms with Crippen LogP contribution in [0.15, 0.2) is 54.6 Å². The third kappa shape index (κ3) is 1.87. The number of para-hydroxylation sites is 1. The molecule has 2 fully saturated rings. The molecule has 3 aliphatic rings. The van der Waals surface area contributed by atoms with Crippen molar-refractivity contribution in [3.63, 3.8) is 0 Å². The molecule has 7 nitrogen and oxygen atoms in total. The highest BCUT2D eigenvalue weighted by molar-refractivity contribution is 7.55. The van der Waals surface area contributed by atoms with Crippen molar-refractivity contribution in [3.8, 4) is 0 Å². The second kappa shape index (κ2) is 5.84. The molecule has 2 bridgehead atoms. The smallest absolute Gasteiger partial charge is 0.348 e. The van der Waals surface area contributed by atoms with Crippen molar-refractivity contribution < 1.29 is 27.9 Å². The van der Waals surface area contributed by atoms with E-state index in [1.165, 1.54) is 19.1 Å². The molecule has 144 valence electrons. The Morgan fingerprint density at radius 3 is 2.29 bits per heavy atom. The SMILES string of the molecule is COP(=O)(OC)[C@@]12O[C@@H](c3ccccc31)C1C(=O)N(c3ccccc3)C(=O)C12. The number of anilines is 1. The fourth-order valence-corrected chi connectivity index (χ4v) is 6.91. The number of benzene rings is 2. The van der Waals surface area contributed by atoms with E-state index in [0.29, 0.717) is 11.3 Å². The zero-order chi connectivity index (χ0) is 19.7. The molecule has 2 aromatic rings. The van der Waals surface area contributed by atoms with E-state index in [2.05, 4.69) is 0 Å². The zero-order valence-electron chi connectivity index (χ0n) is 15.3. The van der Waals surface area contributed by atoms with Gasteiger partial charge in [-0.25, -0.2) is 4.90 Å². The van der Waals surface area contributed by atoms with Gasteiger partial charge < -0.3 is 13.8 Å². The highest BCUT2D eigenvalue weighted by Gasteiger charge is 2.78. The predicted molar refractivity (Wildman–Crippen MR) is 99.5 cm³/mol. The van der Waals surface area contributed by atoms with Crippen molar-refractivity contribution in [2.24, 2.45) is 11.8 Å². The van der Waals surface area contributed by atoms with Gasteiger partial charge in [-0.2, -0.15) is 0 Å². The maximum Gasteiger partial charge on any atom is 0.367 e. The number of hydrogen-bond donors (Lipinski definition) is 0. The summed E-state index contributed by atoms with van der Waals surface area (Å²) in [6, 6.07) is 15.9. The molecule has 0 aromatic heterocycles. The molecular weight excluding hydrogens is 381 g/mol. The standard InChI is InChI=1S/C20H18NO6P/c1-25-28(24,26-2)20-14-11-7-6-10-13(14)17(27-20)15-16(20)19(23)21(18(15)22)12-8-4-3-5-9-12/h3-11,15-17H,1-2H3/t15?,16?,17-,20-/m0/s1. The fraction of sp³-hybridized carbons (Fsp3) is 0.300. The molecular formula is C20H18NO6P. The maximum atomic E-state index is 13.7. The van der Waals surface area contributed by atoms with Crippen LogP contribution in [-0.2, 0) is 33.3 Å². The van der Waals surface area contributed by atoms with Crippen molar-refractivity contribution in [3.05, 3.63) is 65.7 Å². The molecule has 3 aliphatic heterocycles. The second-order valence-corrected chi connectivity index (χ2v) is 9.43. The highest BCUT2D eigenvalue weighted by atomic mass is 31.2. The zero-order valence-corrected chi connectivity index (χ0v) is 16.2. The molecule has 0 N–H and O–H groups in total. The normalized spacial score (nSPS) is 30.6.